The maximum Gasteiger partial charge on any atom is 0.224 e. The highest BCUT2D eigenvalue weighted by atomic mass is 35.5. The van der Waals surface area contributed by atoms with Gasteiger partial charge in [0.15, 0.2) is 0 Å². The van der Waals surface area contributed by atoms with Crippen LogP contribution in [0.2, 0.25) is 15.3 Å². The van der Waals surface area contributed by atoms with E-state index >= 15 is 0 Å². The van der Waals surface area contributed by atoms with Gasteiger partial charge in [-0.05, 0) is 30.7 Å². The van der Waals surface area contributed by atoms with Gasteiger partial charge in [0.2, 0.25) is 5.28 Å². The van der Waals surface area contributed by atoms with E-state index in [1.807, 2.05) is 18.9 Å². The van der Waals surface area contributed by atoms with Crippen LogP contribution < -0.4 is 4.90 Å². The van der Waals surface area contributed by atoms with Crippen LogP contribution in [0.15, 0.2) is 12.1 Å². The molecule has 2 aromatic rings. The summed E-state index contributed by atoms with van der Waals surface area (Å²) in [4.78, 5) is 10.3. The Labute approximate surface area is 114 Å². The highest BCUT2D eigenvalue weighted by Gasteiger charge is 2.13. The average molecular weight is 291 g/mol. The van der Waals surface area contributed by atoms with Crippen molar-refractivity contribution < 1.29 is 0 Å². The second-order valence-corrected chi connectivity index (χ2v) is 4.80. The lowest BCUT2D eigenvalue weighted by molar-refractivity contribution is 0.940. The molecular formula is C11H10Cl3N3. The van der Waals surface area contributed by atoms with Crippen molar-refractivity contribution in [3.05, 3.63) is 27.5 Å². The maximum absolute atomic E-state index is 6.10. The Morgan fingerprint density at radius 2 is 1.88 bits per heavy atom. The molecule has 17 heavy (non-hydrogen) atoms. The van der Waals surface area contributed by atoms with Crippen LogP contribution in [0.4, 0.5) is 5.82 Å². The van der Waals surface area contributed by atoms with Crippen molar-refractivity contribution in [3.8, 4) is 0 Å². The summed E-state index contributed by atoms with van der Waals surface area (Å²) in [7, 11) is 1.92. The van der Waals surface area contributed by atoms with Gasteiger partial charge in [-0.15, -0.1) is 0 Å². The van der Waals surface area contributed by atoms with Crippen molar-refractivity contribution in [2.75, 3.05) is 18.5 Å². The number of halogens is 3. The smallest absolute Gasteiger partial charge is 0.224 e. The van der Waals surface area contributed by atoms with E-state index < -0.39 is 0 Å². The van der Waals surface area contributed by atoms with Gasteiger partial charge < -0.3 is 4.90 Å². The van der Waals surface area contributed by atoms with Crippen molar-refractivity contribution in [1.82, 2.24) is 9.97 Å². The molecule has 0 saturated heterocycles. The summed E-state index contributed by atoms with van der Waals surface area (Å²) in [5, 5.41) is 2.01. The zero-order chi connectivity index (χ0) is 12.6. The first-order chi connectivity index (χ1) is 8.02. The minimum Gasteiger partial charge on any atom is -0.359 e. The molecule has 3 nitrogen and oxygen atoms in total. The molecule has 0 radical (unpaired) electrons. The number of hydrogen-bond acceptors (Lipinski definition) is 3. The van der Waals surface area contributed by atoms with Crippen LogP contribution in [-0.4, -0.2) is 23.6 Å². The fourth-order valence-electron chi connectivity index (χ4n) is 1.56. The summed E-state index contributed by atoms with van der Waals surface area (Å²) in [5.74, 6) is 0.729. The SMILES string of the molecule is CCN(C)c1nc(Cl)nc2c(Cl)cc(Cl)cc12. The van der Waals surface area contributed by atoms with Gasteiger partial charge in [-0.2, -0.15) is 4.98 Å². The first-order valence-electron chi connectivity index (χ1n) is 5.06. The van der Waals surface area contributed by atoms with Gasteiger partial charge in [0.05, 0.1) is 10.5 Å². The highest BCUT2D eigenvalue weighted by molar-refractivity contribution is 6.39. The second kappa shape index (κ2) is 4.84. The van der Waals surface area contributed by atoms with E-state index in [-0.39, 0.29) is 5.28 Å². The number of aromatic nitrogens is 2. The van der Waals surface area contributed by atoms with E-state index in [0.717, 1.165) is 17.7 Å². The monoisotopic (exact) mass is 289 g/mol. The zero-order valence-corrected chi connectivity index (χ0v) is 11.6. The first kappa shape index (κ1) is 12.7. The molecule has 0 fully saturated rings. The van der Waals surface area contributed by atoms with Gasteiger partial charge in [-0.3, -0.25) is 0 Å². The third kappa shape index (κ3) is 2.41. The lowest BCUT2D eigenvalue weighted by Crippen LogP contribution is -2.18. The van der Waals surface area contributed by atoms with Crippen LogP contribution in [0.5, 0.6) is 0 Å². The van der Waals surface area contributed by atoms with Crippen LogP contribution in [0.3, 0.4) is 0 Å². The normalized spacial score (nSPS) is 10.9. The van der Waals surface area contributed by atoms with Gasteiger partial charge in [0.25, 0.3) is 0 Å². The summed E-state index contributed by atoms with van der Waals surface area (Å²) < 4.78 is 0. The fourth-order valence-corrected chi connectivity index (χ4v) is 2.26. The Bertz CT molecular complexity index is 571. The minimum absolute atomic E-state index is 0.178. The minimum atomic E-state index is 0.178. The van der Waals surface area contributed by atoms with Gasteiger partial charge in [0, 0.05) is 24.0 Å². The molecule has 6 heteroatoms. The first-order valence-corrected chi connectivity index (χ1v) is 6.19. The summed E-state index contributed by atoms with van der Waals surface area (Å²) in [6, 6.07) is 3.44. The van der Waals surface area contributed by atoms with Crippen molar-refractivity contribution in [2.24, 2.45) is 0 Å². The molecule has 0 saturated carbocycles. The molecule has 0 aliphatic rings. The molecule has 0 bridgehead atoms. The number of nitrogens with zero attached hydrogens (tertiary/aromatic N) is 3. The summed E-state index contributed by atoms with van der Waals surface area (Å²) >= 11 is 18.0. The molecule has 0 atom stereocenters. The molecule has 0 aliphatic carbocycles. The molecule has 2 rings (SSSR count). The highest BCUT2D eigenvalue weighted by Crippen LogP contribution is 2.32. The second-order valence-electron chi connectivity index (χ2n) is 3.61. The Morgan fingerprint density at radius 3 is 2.53 bits per heavy atom. The number of anilines is 1. The lowest BCUT2D eigenvalue weighted by atomic mass is 10.2. The predicted molar refractivity (Wildman–Crippen MR) is 73.5 cm³/mol. The van der Waals surface area contributed by atoms with E-state index in [9.17, 15) is 0 Å². The molecule has 0 spiro atoms. The van der Waals surface area contributed by atoms with E-state index in [4.69, 9.17) is 34.8 Å². The van der Waals surface area contributed by atoms with Crippen molar-refractivity contribution in [2.45, 2.75) is 6.92 Å². The molecule has 90 valence electrons. The third-order valence-corrected chi connectivity index (χ3v) is 3.18. The molecule has 0 aliphatic heterocycles. The predicted octanol–water partition coefficient (Wildman–Crippen LogP) is 4.05. The molecule has 1 aromatic heterocycles. The Kier molecular flexibility index (Phi) is 3.61. The third-order valence-electron chi connectivity index (χ3n) is 2.51. The standard InChI is InChI=1S/C11H10Cl3N3/c1-3-17(2)10-7-4-6(12)5-8(13)9(7)15-11(14)16-10/h4-5H,3H2,1-2H3. The zero-order valence-electron chi connectivity index (χ0n) is 9.34. The van der Waals surface area contributed by atoms with Crippen molar-refractivity contribution in [3.63, 3.8) is 0 Å². The van der Waals surface area contributed by atoms with E-state index in [1.165, 1.54) is 0 Å². The van der Waals surface area contributed by atoms with Gasteiger partial charge in [0.1, 0.15) is 5.82 Å². The number of hydrogen-bond donors (Lipinski definition) is 0. The average Bonchev–Trinajstić information content (AvgIpc) is 2.28. The van der Waals surface area contributed by atoms with E-state index in [1.54, 1.807) is 12.1 Å². The van der Waals surface area contributed by atoms with E-state index in [2.05, 4.69) is 9.97 Å². The lowest BCUT2D eigenvalue weighted by Gasteiger charge is -2.18. The summed E-state index contributed by atoms with van der Waals surface area (Å²) in [6.45, 7) is 2.82. The quantitative estimate of drug-likeness (QED) is 0.782. The Balaban J connectivity index is 2.82. The number of fused-ring (bicyclic) bond motifs is 1. The molecule has 0 N–H and O–H groups in total. The summed E-state index contributed by atoms with van der Waals surface area (Å²) in [6.07, 6.45) is 0. The van der Waals surface area contributed by atoms with Crippen LogP contribution in [-0.2, 0) is 0 Å². The fraction of sp³-hybridized carbons (Fsp3) is 0.273. The van der Waals surface area contributed by atoms with Crippen molar-refractivity contribution in [1.29, 1.82) is 0 Å². The van der Waals surface area contributed by atoms with Gasteiger partial charge in [-0.1, -0.05) is 23.2 Å². The van der Waals surface area contributed by atoms with Gasteiger partial charge >= 0.3 is 0 Å². The summed E-state index contributed by atoms with van der Waals surface area (Å²) in [5.41, 5.74) is 0.617. The molecule has 1 heterocycles. The van der Waals surface area contributed by atoms with Gasteiger partial charge in [-0.25, -0.2) is 4.98 Å². The molecule has 0 amide bonds. The molecule has 0 unspecified atom stereocenters. The van der Waals surface area contributed by atoms with Crippen LogP contribution in [0.25, 0.3) is 10.9 Å². The molecule has 1 aromatic carbocycles. The topological polar surface area (TPSA) is 29.0 Å². The van der Waals surface area contributed by atoms with Crippen LogP contribution >= 0.6 is 34.8 Å². The largest absolute Gasteiger partial charge is 0.359 e. The van der Waals surface area contributed by atoms with Crippen molar-refractivity contribution >= 4 is 51.5 Å². The molecular weight excluding hydrogens is 281 g/mol. The number of benzene rings is 1. The van der Waals surface area contributed by atoms with E-state index in [0.29, 0.717) is 15.6 Å². The van der Waals surface area contributed by atoms with Crippen LogP contribution in [0.1, 0.15) is 6.92 Å². The van der Waals surface area contributed by atoms with Crippen LogP contribution in [0, 0.1) is 0 Å². The maximum atomic E-state index is 6.10. The number of rotatable bonds is 2. The Hall–Kier alpha value is -0.770. The Morgan fingerprint density at radius 1 is 1.18 bits per heavy atom.